The number of carbonyl (C=O) groups is 1. The minimum Gasteiger partial charge on any atom is -0.391 e. The average molecular weight is 387 g/mol. The topological polar surface area (TPSA) is 58.4 Å². The monoisotopic (exact) mass is 387 g/mol. The Morgan fingerprint density at radius 2 is 2.00 bits per heavy atom. The van der Waals surface area contributed by atoms with Crippen LogP contribution in [0.2, 0.25) is 0 Å². The zero-order valence-electron chi connectivity index (χ0n) is 16.6. The molecule has 5 heteroatoms. The highest BCUT2D eigenvalue weighted by Crippen LogP contribution is 2.33. The van der Waals surface area contributed by atoms with Crippen LogP contribution in [0.5, 0.6) is 0 Å². The molecule has 2 aromatic carbocycles. The van der Waals surface area contributed by atoms with E-state index in [1.165, 1.54) is 16.7 Å². The maximum atomic E-state index is 13.0. The Hall–Kier alpha value is -2.92. The first-order valence-electron chi connectivity index (χ1n) is 10.3. The van der Waals surface area contributed by atoms with E-state index < -0.39 is 0 Å². The molecule has 1 N–H and O–H groups in total. The van der Waals surface area contributed by atoms with E-state index in [9.17, 15) is 9.90 Å². The van der Waals surface area contributed by atoms with Crippen LogP contribution < -0.4 is 0 Å². The number of aryl methyl sites for hydroxylation is 1. The van der Waals surface area contributed by atoms with Crippen LogP contribution in [0, 0.1) is 6.92 Å². The number of aliphatic hydroxyl groups excluding tert-OH is 1. The lowest BCUT2D eigenvalue weighted by Crippen LogP contribution is -2.40. The summed E-state index contributed by atoms with van der Waals surface area (Å²) in [6.07, 6.45) is 6.79. The molecule has 2 heterocycles. The first-order valence-corrected chi connectivity index (χ1v) is 10.3. The van der Waals surface area contributed by atoms with E-state index in [2.05, 4.69) is 48.4 Å². The van der Waals surface area contributed by atoms with Crippen molar-refractivity contribution >= 4 is 5.91 Å². The predicted octanol–water partition coefficient (Wildman–Crippen LogP) is 3.64. The lowest BCUT2D eigenvalue weighted by Gasteiger charge is -2.26. The van der Waals surface area contributed by atoms with Crippen LogP contribution in [-0.4, -0.2) is 37.8 Å². The summed E-state index contributed by atoms with van der Waals surface area (Å²) in [6.45, 7) is 2.74. The fourth-order valence-electron chi connectivity index (χ4n) is 4.70. The van der Waals surface area contributed by atoms with Crippen LogP contribution in [0.15, 0.2) is 54.9 Å². The molecule has 1 saturated carbocycles. The first-order chi connectivity index (χ1) is 14.1. The zero-order chi connectivity index (χ0) is 20.0. The van der Waals surface area contributed by atoms with Gasteiger partial charge in [0.25, 0.3) is 5.91 Å². The number of hydrogen-bond donors (Lipinski definition) is 1. The van der Waals surface area contributed by atoms with Crippen LogP contribution in [0.3, 0.4) is 0 Å². The molecule has 5 rings (SSSR count). The van der Waals surface area contributed by atoms with Crippen molar-refractivity contribution in [1.82, 2.24) is 14.7 Å². The van der Waals surface area contributed by atoms with E-state index in [1.807, 2.05) is 21.8 Å². The number of aliphatic hydroxyl groups is 1. The summed E-state index contributed by atoms with van der Waals surface area (Å²) in [5.74, 6) is 0.0706. The van der Waals surface area contributed by atoms with Crippen molar-refractivity contribution in [3.05, 3.63) is 82.7 Å². The Kier molecular flexibility index (Phi) is 4.47. The van der Waals surface area contributed by atoms with E-state index in [1.54, 1.807) is 6.20 Å². The molecular weight excluding hydrogens is 362 g/mol. The minimum absolute atomic E-state index is 0.0338. The molecule has 1 aliphatic carbocycles. The molecule has 1 unspecified atom stereocenters. The van der Waals surface area contributed by atoms with Crippen molar-refractivity contribution in [3.8, 4) is 5.69 Å². The van der Waals surface area contributed by atoms with Gasteiger partial charge in [0.2, 0.25) is 0 Å². The van der Waals surface area contributed by atoms with Gasteiger partial charge < -0.3 is 10.0 Å². The van der Waals surface area contributed by atoms with E-state index in [0.717, 1.165) is 42.5 Å². The molecule has 0 bridgehead atoms. The van der Waals surface area contributed by atoms with Gasteiger partial charge in [-0.15, -0.1) is 0 Å². The lowest BCUT2D eigenvalue weighted by atomic mass is 9.95. The summed E-state index contributed by atoms with van der Waals surface area (Å²) >= 11 is 0. The summed E-state index contributed by atoms with van der Waals surface area (Å²) in [5, 5.41) is 14.5. The van der Waals surface area contributed by atoms with Gasteiger partial charge in [-0.3, -0.25) is 4.79 Å². The number of rotatable bonds is 4. The third-order valence-corrected chi connectivity index (χ3v) is 6.34. The molecule has 5 nitrogen and oxygen atoms in total. The molecule has 0 radical (unpaired) electrons. The van der Waals surface area contributed by atoms with Crippen molar-refractivity contribution in [2.45, 2.75) is 51.3 Å². The quantitative estimate of drug-likeness (QED) is 0.744. The Morgan fingerprint density at radius 3 is 2.69 bits per heavy atom. The lowest BCUT2D eigenvalue weighted by molar-refractivity contribution is 0.0479. The van der Waals surface area contributed by atoms with Gasteiger partial charge >= 0.3 is 0 Å². The van der Waals surface area contributed by atoms with E-state index in [4.69, 9.17) is 0 Å². The maximum Gasteiger partial charge on any atom is 0.254 e. The molecule has 0 spiro atoms. The molecule has 148 valence electrons. The standard InChI is InChI=1S/C24H25N3O2/c1-16-12-19-15-26(22-4-2-5-23(22)28)24(29)21(19)14-18(16)13-17-6-8-20(9-7-17)27-11-3-10-25-27/h3,6-12,14,22-23,28H,2,4-5,13,15H2,1H3/t22?,23-/m0/s1. The van der Waals surface area contributed by atoms with Gasteiger partial charge in [0.15, 0.2) is 0 Å². The van der Waals surface area contributed by atoms with Crippen molar-refractivity contribution in [3.63, 3.8) is 0 Å². The Labute approximate surface area is 170 Å². The van der Waals surface area contributed by atoms with E-state index in [-0.39, 0.29) is 18.1 Å². The molecule has 1 aromatic heterocycles. The normalized spacial score (nSPS) is 21.0. The number of fused-ring (bicyclic) bond motifs is 1. The number of amides is 1. The van der Waals surface area contributed by atoms with Crippen molar-refractivity contribution in [2.24, 2.45) is 0 Å². The Bertz CT molecular complexity index is 1040. The van der Waals surface area contributed by atoms with Crippen LogP contribution in [0.1, 0.15) is 51.9 Å². The summed E-state index contributed by atoms with van der Waals surface area (Å²) in [7, 11) is 0. The summed E-state index contributed by atoms with van der Waals surface area (Å²) in [4.78, 5) is 14.9. The zero-order valence-corrected chi connectivity index (χ0v) is 16.6. The van der Waals surface area contributed by atoms with Crippen LogP contribution in [-0.2, 0) is 13.0 Å². The van der Waals surface area contributed by atoms with Crippen LogP contribution in [0.4, 0.5) is 0 Å². The number of nitrogens with zero attached hydrogens (tertiary/aromatic N) is 3. The highest BCUT2D eigenvalue weighted by atomic mass is 16.3. The Morgan fingerprint density at radius 1 is 1.17 bits per heavy atom. The molecule has 1 aliphatic heterocycles. The maximum absolute atomic E-state index is 13.0. The largest absolute Gasteiger partial charge is 0.391 e. The highest BCUT2D eigenvalue weighted by Gasteiger charge is 2.38. The SMILES string of the molecule is Cc1cc2c(cc1Cc1ccc(-n3cccn3)cc1)C(=O)N(C1CCC[C@@H]1O)C2. The molecule has 3 aromatic rings. The second kappa shape index (κ2) is 7.16. The smallest absolute Gasteiger partial charge is 0.254 e. The van der Waals surface area contributed by atoms with Gasteiger partial charge in [-0.1, -0.05) is 18.2 Å². The molecule has 1 amide bonds. The second-order valence-electron chi connectivity index (χ2n) is 8.23. The third kappa shape index (κ3) is 3.25. The molecular formula is C24H25N3O2. The van der Waals surface area contributed by atoms with Crippen molar-refractivity contribution < 1.29 is 9.90 Å². The van der Waals surface area contributed by atoms with Gasteiger partial charge in [-0.25, -0.2) is 4.68 Å². The third-order valence-electron chi connectivity index (χ3n) is 6.34. The molecule has 29 heavy (non-hydrogen) atoms. The molecule has 0 saturated heterocycles. The Balaban J connectivity index is 1.38. The van der Waals surface area contributed by atoms with Crippen molar-refractivity contribution in [2.75, 3.05) is 0 Å². The highest BCUT2D eigenvalue weighted by molar-refractivity contribution is 5.99. The minimum atomic E-state index is -0.387. The average Bonchev–Trinajstić information content (AvgIpc) is 3.45. The number of benzene rings is 2. The second-order valence-corrected chi connectivity index (χ2v) is 8.23. The van der Waals surface area contributed by atoms with E-state index >= 15 is 0 Å². The van der Waals surface area contributed by atoms with Gasteiger partial charge in [-0.2, -0.15) is 5.10 Å². The van der Waals surface area contributed by atoms with Gasteiger partial charge in [-0.05, 0) is 79.1 Å². The van der Waals surface area contributed by atoms with E-state index in [0.29, 0.717) is 6.54 Å². The summed E-state index contributed by atoms with van der Waals surface area (Å²) < 4.78 is 1.84. The number of carbonyl (C=O) groups excluding carboxylic acids is 1. The first kappa shape index (κ1) is 18.1. The fraction of sp³-hybridized carbons (Fsp3) is 0.333. The predicted molar refractivity (Wildman–Crippen MR) is 111 cm³/mol. The fourth-order valence-corrected chi connectivity index (χ4v) is 4.70. The number of aromatic nitrogens is 2. The number of hydrogen-bond acceptors (Lipinski definition) is 3. The molecule has 1 fully saturated rings. The van der Waals surface area contributed by atoms with Gasteiger partial charge in [0, 0.05) is 24.5 Å². The van der Waals surface area contributed by atoms with Gasteiger partial charge in [0.1, 0.15) is 0 Å². The summed E-state index contributed by atoms with van der Waals surface area (Å²) in [6, 6.07) is 14.5. The summed E-state index contributed by atoms with van der Waals surface area (Å²) in [5.41, 5.74) is 6.52. The van der Waals surface area contributed by atoms with Crippen molar-refractivity contribution in [1.29, 1.82) is 0 Å². The van der Waals surface area contributed by atoms with Crippen LogP contribution >= 0.6 is 0 Å². The molecule has 2 aliphatic rings. The van der Waals surface area contributed by atoms with Gasteiger partial charge in [0.05, 0.1) is 17.8 Å². The van der Waals surface area contributed by atoms with Crippen LogP contribution in [0.25, 0.3) is 5.69 Å². The molecule has 2 atom stereocenters.